The van der Waals surface area contributed by atoms with E-state index in [9.17, 15) is 33.0 Å². The van der Waals surface area contributed by atoms with Crippen molar-refractivity contribution in [1.29, 1.82) is 0 Å². The molecule has 0 aromatic heterocycles. The molecule has 2 N–H and O–H groups in total. The molecule has 0 bridgehead atoms. The number of alkyl halides is 3. The highest BCUT2D eigenvalue weighted by atomic mass is 19.4. The van der Waals surface area contributed by atoms with E-state index in [2.05, 4.69) is 0 Å². The number of rotatable bonds is 5. The Balaban J connectivity index is 1.93. The van der Waals surface area contributed by atoms with Crippen LogP contribution in [0.4, 0.5) is 18.9 Å². The lowest BCUT2D eigenvalue weighted by molar-refractivity contribution is -0.137. The van der Waals surface area contributed by atoms with Gasteiger partial charge in [0.25, 0.3) is 11.7 Å². The number of anilines is 1. The SMILES string of the molecule is CCOc1cccc(/C(O)=C2\C(=O)C(=O)N(c3cccc(C(F)(F)F)c3)C2c2ccc(O)cc2)c1. The highest BCUT2D eigenvalue weighted by Crippen LogP contribution is 2.43. The number of Topliss-reactive ketones (excluding diaryl/α,β-unsaturated/α-hetero) is 1. The summed E-state index contributed by atoms with van der Waals surface area (Å²) < 4.78 is 45.5. The molecular formula is C26H20F3NO5. The second kappa shape index (κ2) is 9.17. The van der Waals surface area contributed by atoms with E-state index in [0.717, 1.165) is 23.1 Å². The minimum Gasteiger partial charge on any atom is -0.508 e. The van der Waals surface area contributed by atoms with E-state index >= 15 is 0 Å². The smallest absolute Gasteiger partial charge is 0.416 e. The number of nitrogens with zero attached hydrogens (tertiary/aromatic N) is 1. The summed E-state index contributed by atoms with van der Waals surface area (Å²) >= 11 is 0. The van der Waals surface area contributed by atoms with E-state index in [4.69, 9.17) is 4.74 Å². The minimum atomic E-state index is -4.67. The van der Waals surface area contributed by atoms with Crippen molar-refractivity contribution in [3.63, 3.8) is 0 Å². The zero-order valence-corrected chi connectivity index (χ0v) is 18.4. The quantitative estimate of drug-likeness (QED) is 0.287. The van der Waals surface area contributed by atoms with Gasteiger partial charge in [0.1, 0.15) is 17.3 Å². The first-order valence-corrected chi connectivity index (χ1v) is 10.6. The normalized spacial score (nSPS) is 17.6. The van der Waals surface area contributed by atoms with Crippen LogP contribution in [0.2, 0.25) is 0 Å². The van der Waals surface area contributed by atoms with Gasteiger partial charge in [0, 0.05) is 11.3 Å². The van der Waals surface area contributed by atoms with Gasteiger partial charge >= 0.3 is 6.18 Å². The second-order valence-electron chi connectivity index (χ2n) is 7.77. The van der Waals surface area contributed by atoms with Gasteiger partial charge in [-0.1, -0.05) is 30.3 Å². The van der Waals surface area contributed by atoms with Crippen LogP contribution in [0.3, 0.4) is 0 Å². The predicted octanol–water partition coefficient (Wildman–Crippen LogP) is 5.44. The van der Waals surface area contributed by atoms with Crippen molar-refractivity contribution in [3.05, 3.63) is 95.1 Å². The molecule has 0 aliphatic carbocycles. The lowest BCUT2D eigenvalue weighted by atomic mass is 9.95. The number of hydrogen-bond donors (Lipinski definition) is 2. The maximum Gasteiger partial charge on any atom is 0.416 e. The molecule has 9 heteroatoms. The molecule has 1 aliphatic rings. The Labute approximate surface area is 198 Å². The van der Waals surface area contributed by atoms with Crippen molar-refractivity contribution in [1.82, 2.24) is 0 Å². The van der Waals surface area contributed by atoms with Crippen LogP contribution in [0.25, 0.3) is 5.76 Å². The lowest BCUT2D eigenvalue weighted by Crippen LogP contribution is -2.29. The van der Waals surface area contributed by atoms with E-state index in [1.807, 2.05) is 0 Å². The Morgan fingerprint density at radius 1 is 1.00 bits per heavy atom. The molecule has 3 aromatic carbocycles. The molecule has 6 nitrogen and oxygen atoms in total. The third-order valence-corrected chi connectivity index (χ3v) is 5.52. The van der Waals surface area contributed by atoms with Gasteiger partial charge in [0.15, 0.2) is 0 Å². The van der Waals surface area contributed by atoms with E-state index in [1.165, 1.54) is 42.5 Å². The number of aliphatic hydroxyl groups is 1. The number of phenols is 1. The van der Waals surface area contributed by atoms with Crippen molar-refractivity contribution in [2.45, 2.75) is 19.1 Å². The molecule has 1 aliphatic heterocycles. The fourth-order valence-electron chi connectivity index (χ4n) is 3.96. The first-order chi connectivity index (χ1) is 16.6. The summed E-state index contributed by atoms with van der Waals surface area (Å²) in [6.45, 7) is 2.13. The van der Waals surface area contributed by atoms with Gasteiger partial charge in [-0.15, -0.1) is 0 Å². The molecule has 1 saturated heterocycles. The Hall–Kier alpha value is -4.27. The number of halogens is 3. The van der Waals surface area contributed by atoms with Crippen molar-refractivity contribution < 1.29 is 37.7 Å². The number of carbonyl (C=O) groups excluding carboxylic acids is 2. The Kier molecular flexibility index (Phi) is 6.26. The molecule has 3 aromatic rings. The molecule has 1 atom stereocenters. The molecule has 35 heavy (non-hydrogen) atoms. The van der Waals surface area contributed by atoms with E-state index in [0.29, 0.717) is 17.9 Å². The standard InChI is InChI=1S/C26H20F3NO5/c1-2-35-20-8-3-5-16(13-20)23(32)21-22(15-9-11-19(31)12-10-15)30(25(34)24(21)33)18-7-4-6-17(14-18)26(27,28)29/h3-14,22,31-32H,2H2,1H3/b23-21+. The van der Waals surface area contributed by atoms with Gasteiger partial charge in [-0.3, -0.25) is 14.5 Å². The van der Waals surface area contributed by atoms with Gasteiger partial charge in [-0.2, -0.15) is 13.2 Å². The van der Waals surface area contributed by atoms with E-state index < -0.39 is 35.2 Å². The maximum absolute atomic E-state index is 13.4. The molecule has 4 rings (SSSR count). The summed E-state index contributed by atoms with van der Waals surface area (Å²) in [6, 6.07) is 14.5. The lowest BCUT2D eigenvalue weighted by Gasteiger charge is -2.26. The third-order valence-electron chi connectivity index (χ3n) is 5.52. The summed E-state index contributed by atoms with van der Waals surface area (Å²) in [5.41, 5.74) is -0.955. The number of hydrogen-bond acceptors (Lipinski definition) is 5. The summed E-state index contributed by atoms with van der Waals surface area (Å²) in [6.07, 6.45) is -4.67. The van der Waals surface area contributed by atoms with Crippen molar-refractivity contribution >= 4 is 23.1 Å². The van der Waals surface area contributed by atoms with Gasteiger partial charge in [0.05, 0.1) is 23.8 Å². The predicted molar refractivity (Wildman–Crippen MR) is 122 cm³/mol. The fraction of sp³-hybridized carbons (Fsp3) is 0.154. The number of ketones is 1. The van der Waals surface area contributed by atoms with Crippen LogP contribution in [0.15, 0.2) is 78.4 Å². The molecule has 1 amide bonds. The number of amides is 1. The van der Waals surface area contributed by atoms with Crippen molar-refractivity contribution in [2.24, 2.45) is 0 Å². The molecular weight excluding hydrogens is 463 g/mol. The molecule has 1 fully saturated rings. The summed E-state index contributed by atoms with van der Waals surface area (Å²) in [7, 11) is 0. The Bertz CT molecular complexity index is 1320. The van der Waals surface area contributed by atoms with Gasteiger partial charge in [-0.05, 0) is 55.0 Å². The summed E-state index contributed by atoms with van der Waals surface area (Å²) in [5.74, 6) is -2.32. The van der Waals surface area contributed by atoms with Crippen LogP contribution in [-0.2, 0) is 15.8 Å². The highest BCUT2D eigenvalue weighted by Gasteiger charge is 2.47. The van der Waals surface area contributed by atoms with Crippen molar-refractivity contribution in [3.8, 4) is 11.5 Å². The highest BCUT2D eigenvalue weighted by molar-refractivity contribution is 6.51. The zero-order valence-electron chi connectivity index (χ0n) is 18.4. The number of carbonyl (C=O) groups is 2. The summed E-state index contributed by atoms with van der Waals surface area (Å²) in [4.78, 5) is 27.2. The fourth-order valence-corrected chi connectivity index (χ4v) is 3.96. The molecule has 180 valence electrons. The van der Waals surface area contributed by atoms with Gasteiger partial charge in [-0.25, -0.2) is 0 Å². The monoisotopic (exact) mass is 483 g/mol. The number of aliphatic hydroxyl groups excluding tert-OH is 1. The number of phenolic OH excluding ortho intramolecular Hbond substituents is 1. The Morgan fingerprint density at radius 3 is 2.34 bits per heavy atom. The van der Waals surface area contributed by atoms with Crippen LogP contribution in [0.1, 0.15) is 29.7 Å². The first-order valence-electron chi connectivity index (χ1n) is 10.6. The van der Waals surface area contributed by atoms with Crippen LogP contribution < -0.4 is 9.64 Å². The van der Waals surface area contributed by atoms with E-state index in [1.54, 1.807) is 19.1 Å². The third kappa shape index (κ3) is 4.57. The largest absolute Gasteiger partial charge is 0.508 e. The average Bonchev–Trinajstić information content (AvgIpc) is 3.09. The molecule has 0 radical (unpaired) electrons. The molecule has 0 saturated carbocycles. The molecule has 0 spiro atoms. The van der Waals surface area contributed by atoms with E-state index in [-0.39, 0.29) is 22.6 Å². The maximum atomic E-state index is 13.4. The first kappa shape index (κ1) is 23.9. The molecule has 1 heterocycles. The number of aromatic hydroxyl groups is 1. The zero-order chi connectivity index (χ0) is 25.3. The van der Waals surface area contributed by atoms with Gasteiger partial charge in [0.2, 0.25) is 0 Å². The molecule has 1 unspecified atom stereocenters. The minimum absolute atomic E-state index is 0.0887. The average molecular weight is 483 g/mol. The van der Waals surface area contributed by atoms with Gasteiger partial charge < -0.3 is 14.9 Å². The second-order valence-corrected chi connectivity index (χ2v) is 7.77. The van der Waals surface area contributed by atoms with Crippen molar-refractivity contribution in [2.75, 3.05) is 11.5 Å². The Morgan fingerprint density at radius 2 is 1.69 bits per heavy atom. The topological polar surface area (TPSA) is 87.1 Å². The van der Waals surface area contributed by atoms with Crippen LogP contribution in [-0.4, -0.2) is 28.5 Å². The van der Waals surface area contributed by atoms with Crippen LogP contribution in [0.5, 0.6) is 11.5 Å². The number of ether oxygens (including phenoxy) is 1. The van der Waals surface area contributed by atoms with Crippen LogP contribution >= 0.6 is 0 Å². The van der Waals surface area contributed by atoms with Crippen LogP contribution in [0, 0.1) is 0 Å². The number of benzene rings is 3. The summed E-state index contributed by atoms with van der Waals surface area (Å²) in [5, 5.41) is 20.8.